The van der Waals surface area contributed by atoms with Crippen LogP contribution in [0.5, 0.6) is 0 Å². The van der Waals surface area contributed by atoms with Gasteiger partial charge < -0.3 is 0 Å². The van der Waals surface area contributed by atoms with Crippen molar-refractivity contribution in [1.82, 2.24) is 0 Å². The second kappa shape index (κ2) is 44.9. The molecule has 0 radical (unpaired) electrons. The van der Waals surface area contributed by atoms with Crippen LogP contribution in [0.3, 0.4) is 0 Å². The minimum absolute atomic E-state index is 0.403. The normalized spacial score (nSPS) is 16.2. The van der Waals surface area contributed by atoms with Crippen molar-refractivity contribution in [1.29, 1.82) is 0 Å². The van der Waals surface area contributed by atoms with Crippen LogP contribution in [0.2, 0.25) is 0 Å². The predicted octanol–water partition coefficient (Wildman–Crippen LogP) is 25.3. The molecular weight excluding hydrogens is 793 g/mol. The zero-order chi connectivity index (χ0) is 48.9. The maximum absolute atomic E-state index is 2.87. The van der Waals surface area contributed by atoms with Crippen molar-refractivity contribution in [3.63, 3.8) is 0 Å². The van der Waals surface area contributed by atoms with Gasteiger partial charge in [0.15, 0.2) is 0 Å². The molecule has 0 rings (SSSR count). The molecule has 0 spiro atoms. The SMILES string of the molecule is CCCCCCCCCCC(CCCCCCCC)(CCCCCCCCC)C(CCCCCC)(CCCCCCC)C(CCCC)(CCCCC)C(CC)(CCC)C(C)CCCCCC. The van der Waals surface area contributed by atoms with Gasteiger partial charge in [-0.3, -0.25) is 0 Å². The summed E-state index contributed by atoms with van der Waals surface area (Å²) in [4.78, 5) is 0. The largest absolute Gasteiger partial charge is 0.0654 e. The molecule has 0 heteroatoms. The van der Waals surface area contributed by atoms with Crippen LogP contribution in [-0.2, 0) is 0 Å². The molecule has 398 valence electrons. The Balaban J connectivity index is 8.72. The van der Waals surface area contributed by atoms with Crippen LogP contribution < -0.4 is 0 Å². The van der Waals surface area contributed by atoms with Gasteiger partial charge in [0.1, 0.15) is 0 Å². The second-order valence-corrected chi connectivity index (χ2v) is 23.6. The molecule has 0 aromatic heterocycles. The van der Waals surface area contributed by atoms with Gasteiger partial charge in [-0.15, -0.1) is 0 Å². The third-order valence-electron chi connectivity index (χ3n) is 18.8. The van der Waals surface area contributed by atoms with E-state index in [1.807, 2.05) is 0 Å². The highest BCUT2D eigenvalue weighted by atomic mass is 14.7. The zero-order valence-corrected chi connectivity index (χ0v) is 48.9. The summed E-state index contributed by atoms with van der Waals surface area (Å²) in [5.41, 5.74) is 1.69. The van der Waals surface area contributed by atoms with Crippen LogP contribution in [0.15, 0.2) is 0 Å². The van der Waals surface area contributed by atoms with E-state index >= 15 is 0 Å². The summed E-state index contributed by atoms with van der Waals surface area (Å²) >= 11 is 0. The number of unbranched alkanes of at least 4 members (excludes halogenated alkanes) is 31. The highest BCUT2D eigenvalue weighted by Crippen LogP contribution is 2.75. The summed E-state index contributed by atoms with van der Waals surface area (Å²) in [5.74, 6) is 0.807. The van der Waals surface area contributed by atoms with Gasteiger partial charge in [0, 0.05) is 0 Å². The molecule has 0 nitrogen and oxygen atoms in total. The van der Waals surface area contributed by atoms with E-state index in [-0.39, 0.29) is 0 Å². The average molecular weight is 928 g/mol. The Bertz CT molecular complexity index is 965. The third kappa shape index (κ3) is 24.4. The Morgan fingerprint density at radius 1 is 0.227 bits per heavy atom. The summed E-state index contributed by atoms with van der Waals surface area (Å²) in [6.07, 6.45) is 72.9. The fourth-order valence-electron chi connectivity index (χ4n) is 15.0. The number of hydrogen-bond acceptors (Lipinski definition) is 0. The van der Waals surface area contributed by atoms with Gasteiger partial charge in [-0.25, -0.2) is 0 Å². The monoisotopic (exact) mass is 927 g/mol. The zero-order valence-electron chi connectivity index (χ0n) is 48.9. The lowest BCUT2D eigenvalue weighted by Crippen LogP contribution is -2.63. The van der Waals surface area contributed by atoms with E-state index in [9.17, 15) is 0 Å². The molecule has 5 atom stereocenters. The van der Waals surface area contributed by atoms with Gasteiger partial charge in [-0.2, -0.15) is 0 Å². The molecule has 0 aromatic rings. The first kappa shape index (κ1) is 66.0. The van der Waals surface area contributed by atoms with Crippen molar-refractivity contribution in [3.05, 3.63) is 0 Å². The summed E-state index contributed by atoms with van der Waals surface area (Å²) in [5, 5.41) is 0. The van der Waals surface area contributed by atoms with E-state index in [0.717, 1.165) is 5.92 Å². The smallest absolute Gasteiger partial charge is 0.0177 e. The second-order valence-electron chi connectivity index (χ2n) is 23.6. The molecular formula is C66H134. The highest BCUT2D eigenvalue weighted by Gasteiger charge is 2.66. The Kier molecular flexibility index (Phi) is 44.9. The molecule has 0 N–H and O–H groups in total. The molecule has 0 amide bonds. The first-order valence-electron chi connectivity index (χ1n) is 32.3. The van der Waals surface area contributed by atoms with Gasteiger partial charge in [-0.1, -0.05) is 339 Å². The minimum Gasteiger partial charge on any atom is -0.0654 e. The fourth-order valence-corrected chi connectivity index (χ4v) is 15.0. The maximum Gasteiger partial charge on any atom is -0.0177 e. The lowest BCUT2D eigenvalue weighted by Gasteiger charge is -2.70. The van der Waals surface area contributed by atoms with E-state index in [4.69, 9.17) is 0 Å². The van der Waals surface area contributed by atoms with Crippen molar-refractivity contribution in [2.45, 2.75) is 397 Å². The third-order valence-corrected chi connectivity index (χ3v) is 18.8. The van der Waals surface area contributed by atoms with E-state index in [1.165, 1.54) is 289 Å². The summed E-state index contributed by atoms with van der Waals surface area (Å²) < 4.78 is 0. The van der Waals surface area contributed by atoms with E-state index < -0.39 is 0 Å². The molecule has 0 aliphatic rings. The molecule has 0 aliphatic heterocycles. The van der Waals surface area contributed by atoms with Gasteiger partial charge in [-0.05, 0) is 85.4 Å². The van der Waals surface area contributed by atoms with E-state index in [1.54, 1.807) is 32.1 Å². The first-order chi connectivity index (χ1) is 32.3. The molecule has 0 aromatic carbocycles. The van der Waals surface area contributed by atoms with Gasteiger partial charge in [0.25, 0.3) is 0 Å². The fraction of sp³-hybridized carbons (Fsp3) is 1.00. The van der Waals surface area contributed by atoms with Crippen molar-refractivity contribution in [2.75, 3.05) is 0 Å². The Morgan fingerprint density at radius 3 is 0.833 bits per heavy atom. The highest BCUT2D eigenvalue weighted by molar-refractivity contribution is 5.15. The van der Waals surface area contributed by atoms with E-state index in [2.05, 4.69) is 76.2 Å². The topological polar surface area (TPSA) is 0 Å². The summed E-state index contributed by atoms with van der Waals surface area (Å²) in [6.45, 7) is 27.9. The van der Waals surface area contributed by atoms with Crippen LogP contribution in [0.4, 0.5) is 0 Å². The first-order valence-corrected chi connectivity index (χ1v) is 32.3. The predicted molar refractivity (Wildman–Crippen MR) is 306 cm³/mol. The van der Waals surface area contributed by atoms with Crippen LogP contribution in [-0.4, -0.2) is 0 Å². The van der Waals surface area contributed by atoms with Crippen molar-refractivity contribution >= 4 is 0 Å². The van der Waals surface area contributed by atoms with Crippen molar-refractivity contribution in [3.8, 4) is 0 Å². The Labute approximate surface area is 422 Å². The van der Waals surface area contributed by atoms with Crippen LogP contribution in [0, 0.1) is 27.6 Å². The maximum atomic E-state index is 2.87. The quantitative estimate of drug-likeness (QED) is 0.0533. The molecule has 0 aliphatic carbocycles. The lowest BCUT2D eigenvalue weighted by atomic mass is 9.34. The number of hydrogen-bond donors (Lipinski definition) is 0. The van der Waals surface area contributed by atoms with Crippen LogP contribution >= 0.6 is 0 Å². The van der Waals surface area contributed by atoms with Crippen molar-refractivity contribution in [2.24, 2.45) is 27.6 Å². The average Bonchev–Trinajstić information content (AvgIpc) is 3.32. The molecule has 0 saturated carbocycles. The molecule has 5 unspecified atom stereocenters. The van der Waals surface area contributed by atoms with Crippen molar-refractivity contribution < 1.29 is 0 Å². The van der Waals surface area contributed by atoms with Crippen LogP contribution in [0.25, 0.3) is 0 Å². The molecule has 66 heavy (non-hydrogen) atoms. The molecule has 0 heterocycles. The van der Waals surface area contributed by atoms with Crippen LogP contribution in [0.1, 0.15) is 397 Å². The Morgan fingerprint density at radius 2 is 0.485 bits per heavy atom. The number of rotatable bonds is 54. The van der Waals surface area contributed by atoms with Gasteiger partial charge in [0.2, 0.25) is 0 Å². The Hall–Kier alpha value is 0. The summed E-state index contributed by atoms with van der Waals surface area (Å²) in [7, 11) is 0. The van der Waals surface area contributed by atoms with Gasteiger partial charge in [0.05, 0.1) is 0 Å². The molecule has 0 saturated heterocycles. The molecule has 0 bridgehead atoms. The summed E-state index contributed by atoms with van der Waals surface area (Å²) in [6, 6.07) is 0. The van der Waals surface area contributed by atoms with Gasteiger partial charge >= 0.3 is 0 Å². The lowest BCUT2D eigenvalue weighted by molar-refractivity contribution is -0.216. The molecule has 0 fully saturated rings. The van der Waals surface area contributed by atoms with E-state index in [0.29, 0.717) is 21.7 Å². The minimum atomic E-state index is 0.403. The standard InChI is InChI=1S/C66H134/c1-12-22-30-36-39-41-45-50-57-63(55-48-43-38-32-24-14-3,56-49-44-40-37-31-23-13-2)65(59-51-35-27-17-6,60-52-42-33-25-15-4)66(58-29-19-8,61-47-28-18-7)64(21-10,54-20-9)62(11)53-46-34-26-16-5/h62H,12-61H2,1-11H3.